The number of rotatable bonds is 3. The Hall–Kier alpha value is -1.61. The summed E-state index contributed by atoms with van der Waals surface area (Å²) in [6, 6.07) is 7.82. The fourth-order valence-electron chi connectivity index (χ4n) is 2.23. The van der Waals surface area contributed by atoms with Crippen LogP contribution in [-0.2, 0) is 6.54 Å². The maximum atomic E-state index is 9.55. The average molecular weight is 247 g/mol. The van der Waals surface area contributed by atoms with Crippen LogP contribution in [-0.4, -0.2) is 42.6 Å². The van der Waals surface area contributed by atoms with Gasteiger partial charge < -0.3 is 20.4 Å². The van der Waals surface area contributed by atoms with Crippen LogP contribution in [0, 0.1) is 11.3 Å². The predicted molar refractivity (Wildman–Crippen MR) is 68.1 cm³/mol. The third kappa shape index (κ3) is 2.46. The summed E-state index contributed by atoms with van der Waals surface area (Å²) < 4.78 is 0. The third-order valence-electron chi connectivity index (χ3n) is 3.16. The summed E-state index contributed by atoms with van der Waals surface area (Å²) in [6.07, 6.45) is -1.48. The lowest BCUT2D eigenvalue weighted by atomic mass is 10.1. The lowest BCUT2D eigenvalue weighted by molar-refractivity contribution is 0.0572. The number of aliphatic hydroxyl groups excluding tert-OH is 2. The van der Waals surface area contributed by atoms with E-state index in [0.717, 1.165) is 11.3 Å². The molecular formula is C13H17N3O2. The number of hydrogen-bond acceptors (Lipinski definition) is 5. The molecule has 3 N–H and O–H groups in total. The van der Waals surface area contributed by atoms with Crippen LogP contribution in [0.5, 0.6) is 0 Å². The second-order valence-electron chi connectivity index (χ2n) is 4.53. The number of nitriles is 1. The maximum Gasteiger partial charge on any atom is 0.101 e. The molecule has 0 amide bonds. The summed E-state index contributed by atoms with van der Waals surface area (Å²) in [5.74, 6) is 0. The number of aliphatic hydroxyl groups is 2. The molecule has 96 valence electrons. The smallest absolute Gasteiger partial charge is 0.101 e. The van der Waals surface area contributed by atoms with E-state index in [2.05, 4.69) is 11.4 Å². The van der Waals surface area contributed by atoms with E-state index in [1.807, 2.05) is 30.1 Å². The molecule has 5 nitrogen and oxygen atoms in total. The fraction of sp³-hybridized carbons (Fsp3) is 0.462. The zero-order valence-electron chi connectivity index (χ0n) is 10.3. The van der Waals surface area contributed by atoms with Crippen molar-refractivity contribution in [1.82, 2.24) is 5.32 Å². The monoisotopic (exact) mass is 247 g/mol. The first kappa shape index (κ1) is 12.8. The maximum absolute atomic E-state index is 9.55. The van der Waals surface area contributed by atoms with Gasteiger partial charge >= 0.3 is 0 Å². The van der Waals surface area contributed by atoms with Gasteiger partial charge in [0, 0.05) is 19.6 Å². The van der Waals surface area contributed by atoms with Gasteiger partial charge in [-0.2, -0.15) is 5.26 Å². The van der Waals surface area contributed by atoms with Gasteiger partial charge in [0.15, 0.2) is 0 Å². The van der Waals surface area contributed by atoms with Gasteiger partial charge in [-0.25, -0.2) is 0 Å². The molecule has 1 saturated heterocycles. The number of hydrogen-bond donors (Lipinski definition) is 3. The highest BCUT2D eigenvalue weighted by Crippen LogP contribution is 2.25. The van der Waals surface area contributed by atoms with Crippen LogP contribution >= 0.6 is 0 Å². The van der Waals surface area contributed by atoms with Crippen LogP contribution in [0.1, 0.15) is 11.1 Å². The van der Waals surface area contributed by atoms with Crippen molar-refractivity contribution in [3.63, 3.8) is 0 Å². The zero-order valence-corrected chi connectivity index (χ0v) is 10.3. The predicted octanol–water partition coefficient (Wildman–Crippen LogP) is -0.181. The van der Waals surface area contributed by atoms with Crippen LogP contribution in [0.15, 0.2) is 18.2 Å². The van der Waals surface area contributed by atoms with Gasteiger partial charge in [0.1, 0.15) is 6.07 Å². The minimum Gasteiger partial charge on any atom is -0.389 e. The van der Waals surface area contributed by atoms with E-state index >= 15 is 0 Å². The summed E-state index contributed by atoms with van der Waals surface area (Å²) in [4.78, 5) is 1.84. The first-order valence-electron chi connectivity index (χ1n) is 5.94. The minimum atomic E-state index is -0.742. The molecule has 5 heteroatoms. The van der Waals surface area contributed by atoms with Crippen molar-refractivity contribution in [3.8, 4) is 6.07 Å². The molecule has 1 aromatic carbocycles. The fourth-order valence-corrected chi connectivity index (χ4v) is 2.23. The van der Waals surface area contributed by atoms with E-state index in [4.69, 9.17) is 0 Å². The Balaban J connectivity index is 2.26. The molecule has 0 aromatic heterocycles. The third-order valence-corrected chi connectivity index (χ3v) is 3.16. The van der Waals surface area contributed by atoms with Crippen LogP contribution in [0.4, 0.5) is 5.69 Å². The molecule has 0 spiro atoms. The summed E-state index contributed by atoms with van der Waals surface area (Å²) in [5.41, 5.74) is 2.38. The van der Waals surface area contributed by atoms with E-state index in [1.54, 1.807) is 0 Å². The molecule has 1 aliphatic rings. The zero-order chi connectivity index (χ0) is 13.1. The molecule has 1 fully saturated rings. The summed E-state index contributed by atoms with van der Waals surface area (Å²) in [7, 11) is 1.85. The average Bonchev–Trinajstić information content (AvgIpc) is 2.69. The quantitative estimate of drug-likeness (QED) is 0.690. The van der Waals surface area contributed by atoms with E-state index in [0.29, 0.717) is 25.2 Å². The molecule has 18 heavy (non-hydrogen) atoms. The van der Waals surface area contributed by atoms with Gasteiger partial charge in [0.25, 0.3) is 0 Å². The second-order valence-corrected chi connectivity index (χ2v) is 4.53. The highest BCUT2D eigenvalue weighted by Gasteiger charge is 2.30. The van der Waals surface area contributed by atoms with Crippen molar-refractivity contribution in [2.45, 2.75) is 18.8 Å². The topological polar surface area (TPSA) is 79.5 Å². The van der Waals surface area contributed by atoms with Crippen molar-refractivity contribution in [2.24, 2.45) is 0 Å². The molecule has 2 unspecified atom stereocenters. The molecule has 1 heterocycles. The van der Waals surface area contributed by atoms with Crippen LogP contribution in [0.2, 0.25) is 0 Å². The van der Waals surface area contributed by atoms with E-state index in [1.165, 1.54) is 0 Å². The van der Waals surface area contributed by atoms with Crippen LogP contribution < -0.4 is 10.2 Å². The van der Waals surface area contributed by atoms with Gasteiger partial charge in [-0.15, -0.1) is 0 Å². The lowest BCUT2D eigenvalue weighted by Crippen LogP contribution is -2.22. The van der Waals surface area contributed by atoms with E-state index < -0.39 is 12.2 Å². The highest BCUT2D eigenvalue weighted by molar-refractivity contribution is 5.61. The van der Waals surface area contributed by atoms with Crippen molar-refractivity contribution < 1.29 is 10.2 Å². The molecule has 0 bridgehead atoms. The van der Waals surface area contributed by atoms with Gasteiger partial charge in [-0.3, -0.25) is 0 Å². The Bertz CT molecular complexity index is 460. The Morgan fingerprint density at radius 3 is 2.61 bits per heavy atom. The first-order valence-corrected chi connectivity index (χ1v) is 5.94. The molecular weight excluding hydrogens is 230 g/mol. The summed E-state index contributed by atoms with van der Waals surface area (Å²) in [5, 5.41) is 31.3. The molecule has 0 aliphatic carbocycles. The highest BCUT2D eigenvalue weighted by atomic mass is 16.3. The molecule has 2 atom stereocenters. The van der Waals surface area contributed by atoms with E-state index in [9.17, 15) is 15.5 Å². The molecule has 2 rings (SSSR count). The Kier molecular flexibility index (Phi) is 3.82. The largest absolute Gasteiger partial charge is 0.389 e. The SMILES string of the molecule is CNCc1ccc(N2CC(O)C(O)C2)c(C#N)c1. The van der Waals surface area contributed by atoms with Crippen LogP contribution in [0.3, 0.4) is 0 Å². The second kappa shape index (κ2) is 5.36. The van der Waals surface area contributed by atoms with Crippen molar-refractivity contribution >= 4 is 5.69 Å². The number of anilines is 1. The van der Waals surface area contributed by atoms with Gasteiger partial charge in [0.2, 0.25) is 0 Å². The standard InChI is InChI=1S/C13H17N3O2/c1-15-6-9-2-3-11(10(4-9)5-14)16-7-12(17)13(18)8-16/h2-4,12-13,15,17-18H,6-8H2,1H3. The number of nitrogens with one attached hydrogen (secondary N) is 1. The van der Waals surface area contributed by atoms with Gasteiger partial charge in [0.05, 0.1) is 23.5 Å². The van der Waals surface area contributed by atoms with E-state index in [-0.39, 0.29) is 0 Å². The minimum absolute atomic E-state index is 0.362. The molecule has 0 radical (unpaired) electrons. The van der Waals surface area contributed by atoms with Crippen molar-refractivity contribution in [3.05, 3.63) is 29.3 Å². The van der Waals surface area contributed by atoms with Gasteiger partial charge in [-0.1, -0.05) is 6.07 Å². The summed E-state index contributed by atoms with van der Waals surface area (Å²) >= 11 is 0. The molecule has 1 aliphatic heterocycles. The molecule has 1 aromatic rings. The number of nitrogens with zero attached hydrogens (tertiary/aromatic N) is 2. The first-order chi connectivity index (χ1) is 8.65. The van der Waals surface area contributed by atoms with Crippen LogP contribution in [0.25, 0.3) is 0 Å². The Morgan fingerprint density at radius 2 is 2.06 bits per heavy atom. The summed E-state index contributed by atoms with van der Waals surface area (Å²) in [6.45, 7) is 1.43. The number of β-amino-alcohol motifs (C(OH)–C–C–N with tert-alkyl or cyclic N) is 2. The van der Waals surface area contributed by atoms with Crippen molar-refractivity contribution in [2.75, 3.05) is 25.0 Å². The van der Waals surface area contributed by atoms with Crippen molar-refractivity contribution in [1.29, 1.82) is 5.26 Å². The van der Waals surface area contributed by atoms with Gasteiger partial charge in [-0.05, 0) is 24.7 Å². The molecule has 0 saturated carbocycles. The lowest BCUT2D eigenvalue weighted by Gasteiger charge is -2.19. The Labute approximate surface area is 106 Å². The normalized spacial score (nSPS) is 23.1. The number of benzene rings is 1. The Morgan fingerprint density at radius 1 is 1.39 bits per heavy atom.